The largest absolute Gasteiger partial charge is 0.472 e. The highest BCUT2D eigenvalue weighted by molar-refractivity contribution is 7.47. The van der Waals surface area contributed by atoms with Crippen LogP contribution in [0, 0.1) is 0 Å². The molecule has 0 aliphatic carbocycles. The molecular weight excluding hydrogens is 658 g/mol. The topological polar surface area (TPSA) is 299 Å². The summed E-state index contributed by atoms with van der Waals surface area (Å²) in [5.41, 5.74) is 6.37. The second-order valence-corrected chi connectivity index (χ2v) is 13.1. The fraction of sp³-hybridized carbons (Fsp3) is 0.455. The maximum Gasteiger partial charge on any atom is 0.472 e. The van der Waals surface area contributed by atoms with Crippen LogP contribution >= 0.6 is 15.6 Å². The second-order valence-electron chi connectivity index (χ2n) is 10.5. The van der Waals surface area contributed by atoms with E-state index in [9.17, 15) is 33.7 Å². The van der Waals surface area contributed by atoms with Crippen molar-refractivity contribution in [1.82, 2.24) is 43.4 Å². The number of nitrogens with one attached hydrogen (secondary N) is 1. The van der Waals surface area contributed by atoms with Crippen molar-refractivity contribution in [3.05, 3.63) is 41.7 Å². The van der Waals surface area contributed by atoms with E-state index in [1.165, 1.54) is 34.3 Å². The summed E-state index contributed by atoms with van der Waals surface area (Å²) in [4.78, 5) is 64.7. The van der Waals surface area contributed by atoms with E-state index in [2.05, 4.69) is 34.4 Å². The third kappa shape index (κ3) is 5.73. The summed E-state index contributed by atoms with van der Waals surface area (Å²) in [7, 11) is -9.91. The Balaban J connectivity index is 1.08. The predicted octanol–water partition coefficient (Wildman–Crippen LogP) is -1.01. The summed E-state index contributed by atoms with van der Waals surface area (Å²) >= 11 is 0. The Morgan fingerprint density at radius 1 is 1.02 bits per heavy atom. The van der Waals surface area contributed by atoms with E-state index in [4.69, 9.17) is 24.3 Å². The SMILES string of the molecule is Nc1ncnc2c1ncn2[C@@H]1CO[C@H](COP(=O)(O)O)[C@H]1OP(=O)(O)OC[C@H]1O[C@@H](n2cnc3c(=O)[nH]c4nccn4c32)C[C@@H]1O. The van der Waals surface area contributed by atoms with E-state index in [0.29, 0.717) is 5.65 Å². The molecule has 246 valence electrons. The van der Waals surface area contributed by atoms with Crippen LogP contribution in [0.1, 0.15) is 18.7 Å². The zero-order valence-electron chi connectivity index (χ0n) is 23.3. The van der Waals surface area contributed by atoms with Crippen LogP contribution in [0.3, 0.4) is 0 Å². The summed E-state index contributed by atoms with van der Waals surface area (Å²) in [5, 5.41) is 10.7. The molecule has 7 N–H and O–H groups in total. The van der Waals surface area contributed by atoms with Crippen LogP contribution in [0.5, 0.6) is 0 Å². The molecule has 2 fully saturated rings. The van der Waals surface area contributed by atoms with Crippen LogP contribution in [0.25, 0.3) is 28.1 Å². The summed E-state index contributed by atoms with van der Waals surface area (Å²) in [6.45, 7) is -1.46. The van der Waals surface area contributed by atoms with Crippen molar-refractivity contribution in [2.24, 2.45) is 0 Å². The van der Waals surface area contributed by atoms with Gasteiger partial charge in [0.2, 0.25) is 5.78 Å². The molecule has 5 aromatic rings. The third-order valence-corrected chi connectivity index (χ3v) is 9.10. The van der Waals surface area contributed by atoms with Gasteiger partial charge in [0.05, 0.1) is 44.6 Å². The Morgan fingerprint density at radius 3 is 2.59 bits per heavy atom. The Labute approximate surface area is 255 Å². The van der Waals surface area contributed by atoms with Gasteiger partial charge in [-0.05, 0) is 0 Å². The van der Waals surface area contributed by atoms with Gasteiger partial charge in [0.25, 0.3) is 5.56 Å². The van der Waals surface area contributed by atoms with Crippen molar-refractivity contribution in [2.75, 3.05) is 25.6 Å². The fourth-order valence-electron chi connectivity index (χ4n) is 5.54. The van der Waals surface area contributed by atoms with Gasteiger partial charge in [-0.15, -0.1) is 0 Å². The van der Waals surface area contributed by atoms with Crippen molar-refractivity contribution >= 4 is 49.6 Å². The van der Waals surface area contributed by atoms with Gasteiger partial charge >= 0.3 is 15.6 Å². The molecular formula is C22H26N10O12P2. The van der Waals surface area contributed by atoms with E-state index in [0.717, 1.165) is 0 Å². The molecule has 7 atom stereocenters. The maximum absolute atomic E-state index is 13.2. The van der Waals surface area contributed by atoms with Gasteiger partial charge in [-0.25, -0.2) is 34.0 Å². The van der Waals surface area contributed by atoms with Crippen molar-refractivity contribution in [3.63, 3.8) is 0 Å². The highest BCUT2D eigenvalue weighted by Crippen LogP contribution is 2.50. The van der Waals surface area contributed by atoms with Crippen molar-refractivity contribution < 1.29 is 52.0 Å². The lowest BCUT2D eigenvalue weighted by atomic mass is 10.1. The average molecular weight is 684 g/mol. The lowest BCUT2D eigenvalue weighted by Gasteiger charge is -2.26. The first-order valence-corrected chi connectivity index (χ1v) is 16.6. The molecule has 0 bridgehead atoms. The Morgan fingerprint density at radius 2 is 1.78 bits per heavy atom. The molecule has 0 amide bonds. The number of nitrogens with zero attached hydrogens (tertiary/aromatic N) is 8. The number of H-pyrrole nitrogens is 1. The Hall–Kier alpha value is -3.66. The van der Waals surface area contributed by atoms with E-state index in [1.54, 1.807) is 10.6 Å². The number of rotatable bonds is 10. The number of fused-ring (bicyclic) bond motifs is 4. The van der Waals surface area contributed by atoms with Gasteiger partial charge in [-0.2, -0.15) is 0 Å². The second kappa shape index (κ2) is 11.5. The molecule has 7 heterocycles. The number of anilines is 1. The number of aromatic nitrogens is 9. The number of hydrogen-bond donors (Lipinski definition) is 6. The summed E-state index contributed by atoms with van der Waals surface area (Å²) in [5.74, 6) is 0.352. The lowest BCUT2D eigenvalue weighted by molar-refractivity contribution is -0.0497. The lowest BCUT2D eigenvalue weighted by Crippen LogP contribution is -2.34. The van der Waals surface area contributed by atoms with E-state index in [-0.39, 0.29) is 41.3 Å². The van der Waals surface area contributed by atoms with Crippen LogP contribution in [0.15, 0.2) is 36.2 Å². The average Bonchev–Trinajstić information content (AvgIpc) is 3.80. The number of nitrogen functional groups attached to an aromatic ring is 1. The molecule has 2 aliphatic heterocycles. The van der Waals surface area contributed by atoms with Gasteiger partial charge in [0.1, 0.15) is 36.4 Å². The van der Waals surface area contributed by atoms with E-state index >= 15 is 0 Å². The molecule has 22 nitrogen and oxygen atoms in total. The predicted molar refractivity (Wildman–Crippen MR) is 151 cm³/mol. The molecule has 46 heavy (non-hydrogen) atoms. The highest BCUT2D eigenvalue weighted by atomic mass is 31.2. The summed E-state index contributed by atoms with van der Waals surface area (Å²) in [6, 6.07) is -0.899. The first-order valence-electron chi connectivity index (χ1n) is 13.5. The van der Waals surface area contributed by atoms with Gasteiger partial charge in [0, 0.05) is 18.8 Å². The zero-order chi connectivity index (χ0) is 32.4. The van der Waals surface area contributed by atoms with Gasteiger partial charge < -0.3 is 39.6 Å². The van der Waals surface area contributed by atoms with Gasteiger partial charge in [0.15, 0.2) is 22.6 Å². The molecule has 1 unspecified atom stereocenters. The number of nitrogens with two attached hydrogens (primary N) is 1. The monoisotopic (exact) mass is 684 g/mol. The number of ether oxygens (including phenoxy) is 2. The first kappa shape index (κ1) is 31.0. The zero-order valence-corrected chi connectivity index (χ0v) is 25.1. The van der Waals surface area contributed by atoms with Crippen LogP contribution in [-0.2, 0) is 32.2 Å². The smallest absolute Gasteiger partial charge is 0.390 e. The molecule has 5 aromatic heterocycles. The third-order valence-electron chi connectivity index (χ3n) is 7.63. The molecule has 24 heteroatoms. The molecule has 0 spiro atoms. The van der Waals surface area contributed by atoms with Crippen LogP contribution in [-0.4, -0.2) is 107 Å². The number of aromatic amines is 1. The van der Waals surface area contributed by atoms with E-state index < -0.39 is 71.1 Å². The molecule has 0 saturated carbocycles. The Kier molecular flexibility index (Phi) is 7.77. The van der Waals surface area contributed by atoms with E-state index in [1.807, 2.05) is 0 Å². The standard InChI is InChI=1S/C22H26N10O12P2/c23-18-15-19(26-7-25-18)31(8-27-15)10-4-40-13(6-41-45(35,36)37)17(10)44-46(38,39)42-5-12-11(33)3-14(43-12)32-9-28-16-20(34)29-22-24-1-2-30(22)21(16)32/h1-2,7-14,17,33H,3-6H2,(H,38,39)(H2,23,25,26)(H,24,29,34)(H2,35,36,37)/t10-,11+,12-,13-,14-,17+/m1/s1. The molecule has 0 radical (unpaired) electrons. The minimum atomic E-state index is -4.97. The normalized spacial score (nSPS) is 26.9. The maximum atomic E-state index is 13.2. The van der Waals surface area contributed by atoms with Gasteiger partial charge in [-0.1, -0.05) is 0 Å². The minimum absolute atomic E-state index is 0.0259. The van der Waals surface area contributed by atoms with Crippen LogP contribution in [0.4, 0.5) is 5.82 Å². The number of aliphatic hydroxyl groups is 1. The number of aliphatic hydroxyl groups excluding tert-OH is 1. The Bertz CT molecular complexity index is 2070. The van der Waals surface area contributed by atoms with Gasteiger partial charge in [-0.3, -0.25) is 32.3 Å². The number of phosphoric acid groups is 2. The highest BCUT2D eigenvalue weighted by Gasteiger charge is 2.46. The first-order chi connectivity index (χ1) is 21.9. The minimum Gasteiger partial charge on any atom is -0.390 e. The summed E-state index contributed by atoms with van der Waals surface area (Å²) in [6.07, 6.45) is 1.34. The molecule has 0 aromatic carbocycles. The number of imidazole rings is 3. The number of hydrogen-bond acceptors (Lipinski definition) is 15. The molecule has 2 saturated heterocycles. The molecule has 7 rings (SSSR count). The number of phosphoric ester groups is 2. The van der Waals surface area contributed by atoms with Crippen molar-refractivity contribution in [2.45, 2.75) is 43.1 Å². The van der Waals surface area contributed by atoms with Crippen LogP contribution in [0.2, 0.25) is 0 Å². The summed E-state index contributed by atoms with van der Waals surface area (Å²) < 4.78 is 56.1. The van der Waals surface area contributed by atoms with Crippen molar-refractivity contribution in [1.29, 1.82) is 0 Å². The van der Waals surface area contributed by atoms with Crippen molar-refractivity contribution in [3.8, 4) is 0 Å². The van der Waals surface area contributed by atoms with Crippen LogP contribution < -0.4 is 11.3 Å². The fourth-order valence-corrected chi connectivity index (χ4v) is 6.86. The molecule has 2 aliphatic rings. The quantitative estimate of drug-likeness (QED) is 0.0960.